The molecule has 1 aliphatic rings. The average Bonchev–Trinajstić information content (AvgIpc) is 3.35. The zero-order valence-electron chi connectivity index (χ0n) is 19.1. The maximum atomic E-state index is 13.0. The highest BCUT2D eigenvalue weighted by molar-refractivity contribution is 5.93. The summed E-state index contributed by atoms with van der Waals surface area (Å²) in [7, 11) is 0. The Labute approximate surface area is 203 Å². The van der Waals surface area contributed by atoms with Crippen LogP contribution in [0.15, 0.2) is 72.9 Å². The lowest BCUT2D eigenvalue weighted by atomic mass is 10.1. The van der Waals surface area contributed by atoms with Crippen molar-refractivity contribution in [2.24, 2.45) is 0 Å². The molecule has 0 saturated heterocycles. The minimum absolute atomic E-state index is 0.0291. The van der Waals surface area contributed by atoms with Gasteiger partial charge in [-0.1, -0.05) is 42.5 Å². The number of hydrogen-bond acceptors (Lipinski definition) is 6. The van der Waals surface area contributed by atoms with Gasteiger partial charge >= 0.3 is 0 Å². The molecule has 1 aromatic heterocycles. The van der Waals surface area contributed by atoms with E-state index < -0.39 is 0 Å². The third kappa shape index (κ3) is 7.04. The standard InChI is InChI=1S/C26H26N4O5/c31-24(29-23-8-4-5-13-27-23)11-12-26(33)30(16-20-9-10-21-22(14-20)35-18-34-21)17-25(32)28-15-19-6-2-1-3-7-19/h1-10,13-14H,11-12,15-18H2,(H,28,32)(H,27,29,31). The quantitative estimate of drug-likeness (QED) is 0.468. The number of benzene rings is 2. The molecule has 0 spiro atoms. The van der Waals surface area contributed by atoms with Gasteiger partial charge in [-0.25, -0.2) is 4.98 Å². The van der Waals surface area contributed by atoms with E-state index in [0.717, 1.165) is 11.1 Å². The van der Waals surface area contributed by atoms with E-state index in [1.807, 2.05) is 36.4 Å². The Hall–Kier alpha value is -4.40. The molecule has 3 amide bonds. The second-order valence-electron chi connectivity index (χ2n) is 7.96. The maximum Gasteiger partial charge on any atom is 0.239 e. The van der Waals surface area contributed by atoms with E-state index in [0.29, 0.717) is 23.9 Å². The van der Waals surface area contributed by atoms with Gasteiger partial charge in [0.25, 0.3) is 0 Å². The molecule has 1 aliphatic heterocycles. The molecule has 2 aromatic carbocycles. The van der Waals surface area contributed by atoms with Crippen LogP contribution in [0.5, 0.6) is 11.5 Å². The van der Waals surface area contributed by atoms with Crippen LogP contribution in [-0.4, -0.2) is 40.9 Å². The number of anilines is 1. The van der Waals surface area contributed by atoms with Crippen molar-refractivity contribution in [3.05, 3.63) is 84.1 Å². The fourth-order valence-electron chi connectivity index (χ4n) is 3.54. The van der Waals surface area contributed by atoms with Gasteiger partial charge in [-0.3, -0.25) is 14.4 Å². The number of ether oxygens (including phenoxy) is 2. The highest BCUT2D eigenvalue weighted by Crippen LogP contribution is 2.32. The molecule has 0 atom stereocenters. The Morgan fingerprint density at radius 3 is 2.46 bits per heavy atom. The topological polar surface area (TPSA) is 110 Å². The van der Waals surface area contributed by atoms with Gasteiger partial charge in [-0.2, -0.15) is 0 Å². The third-order valence-electron chi connectivity index (χ3n) is 5.33. The molecule has 2 heterocycles. The Kier molecular flexibility index (Phi) is 7.90. The predicted molar refractivity (Wildman–Crippen MR) is 128 cm³/mol. The van der Waals surface area contributed by atoms with Crippen LogP contribution in [0, 0.1) is 0 Å². The number of carbonyl (C=O) groups is 3. The second kappa shape index (κ2) is 11.6. The van der Waals surface area contributed by atoms with Gasteiger partial charge < -0.3 is 25.0 Å². The van der Waals surface area contributed by atoms with E-state index in [2.05, 4.69) is 15.6 Å². The maximum absolute atomic E-state index is 13.0. The Bertz CT molecular complexity index is 1170. The SMILES string of the molecule is O=C(CN(Cc1ccc2c(c1)OCO2)C(=O)CCC(=O)Nc1ccccn1)NCc1ccccc1. The van der Waals surface area contributed by atoms with E-state index in [1.165, 1.54) is 4.90 Å². The summed E-state index contributed by atoms with van der Waals surface area (Å²) >= 11 is 0. The molecule has 0 radical (unpaired) electrons. The molecular formula is C26H26N4O5. The van der Waals surface area contributed by atoms with Crippen LogP contribution in [0.3, 0.4) is 0 Å². The highest BCUT2D eigenvalue weighted by atomic mass is 16.7. The molecule has 3 aromatic rings. The van der Waals surface area contributed by atoms with Gasteiger partial charge in [0.1, 0.15) is 5.82 Å². The number of amides is 3. The number of carbonyl (C=O) groups excluding carboxylic acids is 3. The van der Waals surface area contributed by atoms with Crippen molar-refractivity contribution in [1.82, 2.24) is 15.2 Å². The smallest absolute Gasteiger partial charge is 0.239 e. The van der Waals surface area contributed by atoms with Gasteiger partial charge in [-0.15, -0.1) is 0 Å². The first-order valence-electron chi connectivity index (χ1n) is 11.2. The number of aromatic nitrogens is 1. The van der Waals surface area contributed by atoms with Crippen molar-refractivity contribution in [3.8, 4) is 11.5 Å². The van der Waals surface area contributed by atoms with E-state index in [1.54, 1.807) is 36.5 Å². The largest absolute Gasteiger partial charge is 0.454 e. The molecule has 2 N–H and O–H groups in total. The summed E-state index contributed by atoms with van der Waals surface area (Å²) in [5.41, 5.74) is 1.75. The molecule has 0 aliphatic carbocycles. The van der Waals surface area contributed by atoms with Crippen LogP contribution in [0.2, 0.25) is 0 Å². The molecule has 0 unspecified atom stereocenters. The lowest BCUT2D eigenvalue weighted by Gasteiger charge is -2.22. The fraction of sp³-hybridized carbons (Fsp3) is 0.231. The van der Waals surface area contributed by atoms with Crippen LogP contribution in [0.4, 0.5) is 5.82 Å². The normalized spacial score (nSPS) is 11.5. The Morgan fingerprint density at radius 1 is 0.857 bits per heavy atom. The fourth-order valence-corrected chi connectivity index (χ4v) is 3.54. The van der Waals surface area contributed by atoms with E-state index in [-0.39, 0.29) is 50.4 Å². The zero-order chi connectivity index (χ0) is 24.5. The summed E-state index contributed by atoms with van der Waals surface area (Å²) in [6.07, 6.45) is 1.50. The van der Waals surface area contributed by atoms with Crippen molar-refractivity contribution in [3.63, 3.8) is 0 Å². The summed E-state index contributed by atoms with van der Waals surface area (Å²) in [5.74, 6) is 0.724. The first-order valence-corrected chi connectivity index (χ1v) is 11.2. The predicted octanol–water partition coefficient (Wildman–Crippen LogP) is 2.87. The van der Waals surface area contributed by atoms with Crippen LogP contribution in [0.25, 0.3) is 0 Å². The summed E-state index contributed by atoms with van der Waals surface area (Å²) < 4.78 is 10.8. The van der Waals surface area contributed by atoms with Gasteiger partial charge in [-0.05, 0) is 35.4 Å². The monoisotopic (exact) mass is 474 g/mol. The number of hydrogen-bond donors (Lipinski definition) is 2. The number of rotatable bonds is 10. The first kappa shape index (κ1) is 23.7. The minimum Gasteiger partial charge on any atom is -0.454 e. The number of pyridine rings is 1. The molecule has 0 fully saturated rings. The summed E-state index contributed by atoms with van der Waals surface area (Å²) in [6.45, 7) is 0.560. The van der Waals surface area contributed by atoms with Gasteiger partial charge in [0.15, 0.2) is 11.5 Å². The number of nitrogens with zero attached hydrogens (tertiary/aromatic N) is 2. The van der Waals surface area contributed by atoms with Crippen molar-refractivity contribution in [2.75, 3.05) is 18.7 Å². The van der Waals surface area contributed by atoms with Crippen LogP contribution < -0.4 is 20.1 Å². The lowest BCUT2D eigenvalue weighted by Crippen LogP contribution is -2.40. The van der Waals surface area contributed by atoms with Crippen LogP contribution in [0.1, 0.15) is 24.0 Å². The van der Waals surface area contributed by atoms with Gasteiger partial charge in [0.05, 0.1) is 6.54 Å². The highest BCUT2D eigenvalue weighted by Gasteiger charge is 2.21. The summed E-state index contributed by atoms with van der Waals surface area (Å²) in [4.78, 5) is 43.5. The first-order chi connectivity index (χ1) is 17.1. The van der Waals surface area contributed by atoms with Crippen molar-refractivity contribution >= 4 is 23.5 Å². The molecule has 35 heavy (non-hydrogen) atoms. The lowest BCUT2D eigenvalue weighted by molar-refractivity contribution is -0.137. The van der Waals surface area contributed by atoms with E-state index in [4.69, 9.17) is 9.47 Å². The molecular weight excluding hydrogens is 448 g/mol. The summed E-state index contributed by atoms with van der Waals surface area (Å²) in [5, 5.41) is 5.51. The Balaban J connectivity index is 1.37. The van der Waals surface area contributed by atoms with Crippen LogP contribution >= 0.6 is 0 Å². The Morgan fingerprint density at radius 2 is 1.66 bits per heavy atom. The molecule has 4 rings (SSSR count). The number of fused-ring (bicyclic) bond motifs is 1. The molecule has 9 nitrogen and oxygen atoms in total. The molecule has 0 bridgehead atoms. The second-order valence-corrected chi connectivity index (χ2v) is 7.96. The molecule has 180 valence electrons. The summed E-state index contributed by atoms with van der Waals surface area (Å²) in [6, 6.07) is 20.1. The third-order valence-corrected chi connectivity index (χ3v) is 5.33. The van der Waals surface area contributed by atoms with Crippen LogP contribution in [-0.2, 0) is 27.5 Å². The van der Waals surface area contributed by atoms with E-state index in [9.17, 15) is 14.4 Å². The zero-order valence-corrected chi connectivity index (χ0v) is 19.1. The average molecular weight is 475 g/mol. The molecule has 0 saturated carbocycles. The van der Waals surface area contributed by atoms with Crippen molar-refractivity contribution in [1.29, 1.82) is 0 Å². The minimum atomic E-state index is -0.325. The van der Waals surface area contributed by atoms with E-state index >= 15 is 0 Å². The van der Waals surface area contributed by atoms with Crippen molar-refractivity contribution < 1.29 is 23.9 Å². The molecule has 9 heteroatoms. The van der Waals surface area contributed by atoms with Gasteiger partial charge in [0, 0.05) is 32.1 Å². The van der Waals surface area contributed by atoms with Gasteiger partial charge in [0.2, 0.25) is 24.5 Å². The number of nitrogens with one attached hydrogen (secondary N) is 2. The van der Waals surface area contributed by atoms with Crippen molar-refractivity contribution in [2.45, 2.75) is 25.9 Å².